The molecule has 1 aromatic rings. The second-order valence-electron chi connectivity index (χ2n) is 3.93. The molecular formula is C12H16FNO2. The Morgan fingerprint density at radius 3 is 3.00 bits per heavy atom. The van der Waals surface area contributed by atoms with Gasteiger partial charge >= 0.3 is 0 Å². The minimum absolute atomic E-state index is 0.0352. The smallest absolute Gasteiger partial charge is 0.165 e. The van der Waals surface area contributed by atoms with Crippen LogP contribution in [0, 0.1) is 5.82 Å². The van der Waals surface area contributed by atoms with Crippen LogP contribution in [-0.4, -0.2) is 19.3 Å². The van der Waals surface area contributed by atoms with Gasteiger partial charge in [0.2, 0.25) is 0 Å². The van der Waals surface area contributed by atoms with Gasteiger partial charge in [-0.25, -0.2) is 4.39 Å². The molecule has 0 radical (unpaired) electrons. The summed E-state index contributed by atoms with van der Waals surface area (Å²) in [7, 11) is 0. The van der Waals surface area contributed by atoms with E-state index in [1.165, 1.54) is 6.07 Å². The summed E-state index contributed by atoms with van der Waals surface area (Å²) in [4.78, 5) is 0. The second-order valence-corrected chi connectivity index (χ2v) is 3.93. The van der Waals surface area contributed by atoms with Crippen LogP contribution in [0.1, 0.15) is 18.4 Å². The first-order valence-corrected chi connectivity index (χ1v) is 5.52. The van der Waals surface area contributed by atoms with Crippen molar-refractivity contribution >= 4 is 0 Å². The molecule has 0 saturated carbocycles. The molecule has 1 atom stereocenters. The van der Waals surface area contributed by atoms with Crippen LogP contribution in [0.25, 0.3) is 0 Å². The normalized spacial score (nSPS) is 20.8. The molecule has 1 fully saturated rings. The van der Waals surface area contributed by atoms with Crippen LogP contribution in [0.5, 0.6) is 5.75 Å². The molecule has 0 bridgehead atoms. The molecule has 0 amide bonds. The number of benzene rings is 1. The summed E-state index contributed by atoms with van der Waals surface area (Å²) in [5, 5.41) is 0. The van der Waals surface area contributed by atoms with Gasteiger partial charge in [-0.1, -0.05) is 6.07 Å². The molecule has 1 aliphatic rings. The van der Waals surface area contributed by atoms with E-state index in [9.17, 15) is 4.39 Å². The van der Waals surface area contributed by atoms with Crippen molar-refractivity contribution in [3.8, 4) is 5.75 Å². The minimum Gasteiger partial charge on any atom is -0.485 e. The Kier molecular flexibility index (Phi) is 3.74. The summed E-state index contributed by atoms with van der Waals surface area (Å²) >= 11 is 0. The van der Waals surface area contributed by atoms with Crippen LogP contribution in [0.2, 0.25) is 0 Å². The van der Waals surface area contributed by atoms with Gasteiger partial charge in [-0.2, -0.15) is 0 Å². The van der Waals surface area contributed by atoms with Crippen molar-refractivity contribution in [2.45, 2.75) is 25.5 Å². The third-order valence-electron chi connectivity index (χ3n) is 2.64. The van der Waals surface area contributed by atoms with Crippen LogP contribution in [0.4, 0.5) is 4.39 Å². The van der Waals surface area contributed by atoms with Crippen molar-refractivity contribution in [3.63, 3.8) is 0 Å². The van der Waals surface area contributed by atoms with E-state index in [-0.39, 0.29) is 17.7 Å². The second kappa shape index (κ2) is 5.27. The lowest BCUT2D eigenvalue weighted by Crippen LogP contribution is -2.28. The van der Waals surface area contributed by atoms with Crippen LogP contribution in [0.15, 0.2) is 18.2 Å². The molecule has 88 valence electrons. The zero-order chi connectivity index (χ0) is 11.4. The molecule has 1 unspecified atom stereocenters. The first-order chi connectivity index (χ1) is 7.79. The van der Waals surface area contributed by atoms with Crippen molar-refractivity contribution in [3.05, 3.63) is 29.6 Å². The van der Waals surface area contributed by atoms with Gasteiger partial charge in [0.05, 0.1) is 6.61 Å². The van der Waals surface area contributed by atoms with Gasteiger partial charge in [0, 0.05) is 13.2 Å². The molecule has 16 heavy (non-hydrogen) atoms. The maximum atomic E-state index is 13.6. The Morgan fingerprint density at radius 2 is 2.38 bits per heavy atom. The largest absolute Gasteiger partial charge is 0.485 e. The van der Waals surface area contributed by atoms with E-state index in [4.69, 9.17) is 15.2 Å². The fourth-order valence-corrected chi connectivity index (χ4v) is 1.75. The summed E-state index contributed by atoms with van der Waals surface area (Å²) in [5.74, 6) is -0.0683. The summed E-state index contributed by atoms with van der Waals surface area (Å²) in [6, 6.07) is 4.83. The lowest BCUT2D eigenvalue weighted by molar-refractivity contribution is 0.00587. The molecular weight excluding hydrogens is 209 g/mol. The van der Waals surface area contributed by atoms with Crippen molar-refractivity contribution in [1.29, 1.82) is 0 Å². The highest BCUT2D eigenvalue weighted by Gasteiger charge is 2.17. The van der Waals surface area contributed by atoms with E-state index in [0.717, 1.165) is 25.0 Å². The topological polar surface area (TPSA) is 44.5 Å². The Labute approximate surface area is 94.3 Å². The molecule has 0 spiro atoms. The molecule has 0 aromatic heterocycles. The molecule has 4 heteroatoms. The van der Waals surface area contributed by atoms with E-state index in [2.05, 4.69) is 0 Å². The predicted octanol–water partition coefficient (Wildman–Crippen LogP) is 1.84. The standard InChI is InChI=1S/C12H16FNO2/c13-11-6-9(7-14)3-4-12(11)16-10-2-1-5-15-8-10/h3-4,6,10H,1-2,5,7-8,14H2. The Bertz CT molecular complexity index is 351. The molecule has 2 rings (SSSR count). The summed E-state index contributed by atoms with van der Waals surface area (Å²) in [6.45, 7) is 1.65. The van der Waals surface area contributed by atoms with Crippen molar-refractivity contribution in [1.82, 2.24) is 0 Å². The predicted molar refractivity (Wildman–Crippen MR) is 58.8 cm³/mol. The first-order valence-electron chi connectivity index (χ1n) is 5.52. The summed E-state index contributed by atoms with van der Waals surface area (Å²) in [5.41, 5.74) is 6.19. The maximum Gasteiger partial charge on any atom is 0.165 e. The van der Waals surface area contributed by atoms with Crippen molar-refractivity contribution in [2.24, 2.45) is 5.73 Å². The molecule has 1 saturated heterocycles. The van der Waals surface area contributed by atoms with Gasteiger partial charge in [0.15, 0.2) is 11.6 Å². The van der Waals surface area contributed by atoms with Crippen molar-refractivity contribution in [2.75, 3.05) is 13.2 Å². The van der Waals surface area contributed by atoms with E-state index < -0.39 is 0 Å². The number of halogens is 1. The summed E-state index contributed by atoms with van der Waals surface area (Å²) in [6.07, 6.45) is 1.85. The Balaban J connectivity index is 2.03. The number of nitrogens with two attached hydrogens (primary N) is 1. The molecule has 1 heterocycles. The van der Waals surface area contributed by atoms with E-state index in [1.54, 1.807) is 12.1 Å². The van der Waals surface area contributed by atoms with Crippen LogP contribution >= 0.6 is 0 Å². The van der Waals surface area contributed by atoms with Gasteiger partial charge < -0.3 is 15.2 Å². The van der Waals surface area contributed by atoms with Gasteiger partial charge in [-0.15, -0.1) is 0 Å². The quantitative estimate of drug-likeness (QED) is 0.853. The third-order valence-corrected chi connectivity index (χ3v) is 2.64. The van der Waals surface area contributed by atoms with E-state index in [1.807, 2.05) is 0 Å². The lowest BCUT2D eigenvalue weighted by atomic mass is 10.1. The number of hydrogen-bond acceptors (Lipinski definition) is 3. The fraction of sp³-hybridized carbons (Fsp3) is 0.500. The van der Waals surface area contributed by atoms with Gasteiger partial charge in [0.25, 0.3) is 0 Å². The number of hydrogen-bond donors (Lipinski definition) is 1. The fourth-order valence-electron chi connectivity index (χ4n) is 1.75. The third kappa shape index (κ3) is 2.71. The minimum atomic E-state index is -0.353. The molecule has 0 aliphatic carbocycles. The van der Waals surface area contributed by atoms with E-state index in [0.29, 0.717) is 13.2 Å². The monoisotopic (exact) mass is 225 g/mol. The van der Waals surface area contributed by atoms with Gasteiger partial charge in [-0.3, -0.25) is 0 Å². The average Bonchev–Trinajstić information content (AvgIpc) is 2.33. The highest BCUT2D eigenvalue weighted by molar-refractivity contribution is 5.29. The lowest BCUT2D eigenvalue weighted by Gasteiger charge is -2.23. The Morgan fingerprint density at radius 1 is 1.50 bits per heavy atom. The van der Waals surface area contributed by atoms with Gasteiger partial charge in [0.1, 0.15) is 6.10 Å². The Hall–Kier alpha value is -1.13. The SMILES string of the molecule is NCc1ccc(OC2CCCOC2)c(F)c1. The van der Waals surface area contributed by atoms with Crippen LogP contribution in [0.3, 0.4) is 0 Å². The zero-order valence-electron chi connectivity index (χ0n) is 9.12. The molecule has 2 N–H and O–H groups in total. The highest BCUT2D eigenvalue weighted by atomic mass is 19.1. The molecule has 1 aliphatic heterocycles. The van der Waals surface area contributed by atoms with Crippen molar-refractivity contribution < 1.29 is 13.9 Å². The van der Waals surface area contributed by atoms with Crippen LogP contribution < -0.4 is 10.5 Å². The van der Waals surface area contributed by atoms with Crippen LogP contribution in [-0.2, 0) is 11.3 Å². The first kappa shape index (κ1) is 11.4. The average molecular weight is 225 g/mol. The maximum absolute atomic E-state index is 13.6. The van der Waals surface area contributed by atoms with E-state index >= 15 is 0 Å². The van der Waals surface area contributed by atoms with Gasteiger partial charge in [-0.05, 0) is 30.5 Å². The number of ether oxygens (including phenoxy) is 2. The molecule has 1 aromatic carbocycles. The number of rotatable bonds is 3. The summed E-state index contributed by atoms with van der Waals surface area (Å²) < 4.78 is 24.4. The highest BCUT2D eigenvalue weighted by Crippen LogP contribution is 2.21. The zero-order valence-corrected chi connectivity index (χ0v) is 9.12. The molecule has 3 nitrogen and oxygen atoms in total.